The van der Waals surface area contributed by atoms with Gasteiger partial charge in [-0.1, -0.05) is 45.7 Å². The zero-order valence-electron chi connectivity index (χ0n) is 14.0. The smallest absolute Gasteiger partial charge is 0.255 e. The van der Waals surface area contributed by atoms with Crippen LogP contribution in [0.5, 0.6) is 0 Å². The first-order valence-corrected chi connectivity index (χ1v) is 10.6. The molecule has 1 aliphatic rings. The Hall–Kier alpha value is -1.01. The van der Waals surface area contributed by atoms with Gasteiger partial charge in [-0.25, -0.2) is 0 Å². The normalized spacial score (nSPS) is 15.4. The lowest BCUT2D eigenvalue weighted by atomic mass is 10.1. The Labute approximate surface area is 166 Å². The van der Waals surface area contributed by atoms with Crippen LogP contribution in [0, 0.1) is 0 Å². The van der Waals surface area contributed by atoms with Crippen LogP contribution >= 0.6 is 39.3 Å². The van der Waals surface area contributed by atoms with Gasteiger partial charge in [0.15, 0.2) is 0 Å². The van der Waals surface area contributed by atoms with Crippen LogP contribution in [0.1, 0.15) is 15.9 Å². The van der Waals surface area contributed by atoms with Crippen LogP contribution in [-0.2, 0) is 6.54 Å². The molecule has 1 saturated heterocycles. The molecule has 0 N–H and O–H groups in total. The molecule has 0 bridgehead atoms. The lowest BCUT2D eigenvalue weighted by molar-refractivity contribution is 0.0628. The van der Waals surface area contributed by atoms with Crippen LogP contribution in [-0.4, -0.2) is 48.1 Å². The average molecular weight is 440 g/mol. The van der Waals surface area contributed by atoms with Crippen molar-refractivity contribution in [3.05, 3.63) is 63.1 Å². The molecule has 1 heterocycles. The summed E-state index contributed by atoms with van der Waals surface area (Å²) >= 11 is 11.5. The van der Waals surface area contributed by atoms with Gasteiger partial charge in [-0.05, 0) is 36.1 Å². The number of carbonyl (C=O) groups excluding carboxylic acids is 1. The summed E-state index contributed by atoms with van der Waals surface area (Å²) in [4.78, 5) is 18.2. The van der Waals surface area contributed by atoms with Crippen molar-refractivity contribution in [2.75, 3.05) is 32.4 Å². The van der Waals surface area contributed by atoms with Gasteiger partial charge in [0.2, 0.25) is 0 Å². The van der Waals surface area contributed by atoms with E-state index in [9.17, 15) is 4.79 Å². The first-order chi connectivity index (χ1) is 12.1. The van der Waals surface area contributed by atoms with E-state index in [1.165, 1.54) is 5.56 Å². The van der Waals surface area contributed by atoms with E-state index in [2.05, 4.69) is 39.0 Å². The summed E-state index contributed by atoms with van der Waals surface area (Å²) in [6.45, 7) is 4.08. The topological polar surface area (TPSA) is 23.6 Å². The van der Waals surface area contributed by atoms with Crippen molar-refractivity contribution in [2.45, 2.75) is 11.4 Å². The lowest BCUT2D eigenvalue weighted by Gasteiger charge is -2.35. The Bertz CT molecular complexity index is 763. The molecular weight excluding hydrogens is 420 g/mol. The first kappa shape index (κ1) is 18.8. The Morgan fingerprint density at radius 1 is 1.16 bits per heavy atom. The van der Waals surface area contributed by atoms with Crippen LogP contribution in [0.2, 0.25) is 5.02 Å². The van der Waals surface area contributed by atoms with Crippen molar-refractivity contribution < 1.29 is 4.79 Å². The number of piperazine rings is 1. The number of nitrogens with zero attached hydrogens (tertiary/aromatic N) is 2. The van der Waals surface area contributed by atoms with Crippen molar-refractivity contribution >= 4 is 45.2 Å². The molecule has 0 aromatic heterocycles. The number of halogens is 2. The summed E-state index contributed by atoms with van der Waals surface area (Å²) in [6, 6.07) is 13.9. The molecule has 0 aliphatic carbocycles. The summed E-state index contributed by atoms with van der Waals surface area (Å²) in [5.74, 6) is 0.0291. The molecule has 0 radical (unpaired) electrons. The summed E-state index contributed by atoms with van der Waals surface area (Å²) in [7, 11) is 0. The minimum atomic E-state index is 0.0291. The zero-order chi connectivity index (χ0) is 17.8. The highest BCUT2D eigenvalue weighted by molar-refractivity contribution is 9.10. The minimum Gasteiger partial charge on any atom is -0.336 e. The third-order valence-electron chi connectivity index (χ3n) is 4.42. The molecule has 3 rings (SSSR count). The van der Waals surface area contributed by atoms with Crippen molar-refractivity contribution in [2.24, 2.45) is 0 Å². The van der Waals surface area contributed by atoms with E-state index in [4.69, 9.17) is 11.6 Å². The summed E-state index contributed by atoms with van der Waals surface area (Å²) in [5, 5.41) is 0.526. The first-order valence-electron chi connectivity index (χ1n) is 8.17. The van der Waals surface area contributed by atoms with Crippen molar-refractivity contribution in [3.8, 4) is 0 Å². The highest BCUT2D eigenvalue weighted by atomic mass is 79.9. The minimum absolute atomic E-state index is 0.0291. The zero-order valence-corrected chi connectivity index (χ0v) is 17.2. The molecule has 1 fully saturated rings. The third kappa shape index (κ3) is 4.59. The Morgan fingerprint density at radius 2 is 1.88 bits per heavy atom. The van der Waals surface area contributed by atoms with E-state index in [1.54, 1.807) is 11.8 Å². The average Bonchev–Trinajstić information content (AvgIpc) is 2.64. The van der Waals surface area contributed by atoms with Gasteiger partial charge in [0.05, 0.1) is 10.6 Å². The maximum atomic E-state index is 12.8. The van der Waals surface area contributed by atoms with Gasteiger partial charge in [-0.3, -0.25) is 9.69 Å². The van der Waals surface area contributed by atoms with Gasteiger partial charge >= 0.3 is 0 Å². The molecule has 1 aliphatic heterocycles. The van der Waals surface area contributed by atoms with Crippen LogP contribution in [0.15, 0.2) is 51.8 Å². The molecule has 1 amide bonds. The molecule has 0 saturated carbocycles. The predicted octanol–water partition coefficient (Wildman–Crippen LogP) is 4.78. The van der Waals surface area contributed by atoms with E-state index in [0.29, 0.717) is 10.6 Å². The fourth-order valence-electron chi connectivity index (χ4n) is 2.94. The second-order valence-corrected chi connectivity index (χ2v) is 8.15. The molecule has 0 unspecified atom stereocenters. The van der Waals surface area contributed by atoms with E-state index in [0.717, 1.165) is 42.1 Å². The van der Waals surface area contributed by atoms with E-state index < -0.39 is 0 Å². The SMILES string of the molecule is CSc1ccc(Cl)c(C(=O)N2CCN(Cc3ccccc3Br)CC2)c1. The standard InChI is InChI=1S/C19H20BrClN2OS/c1-25-15-6-7-18(21)16(12-15)19(24)23-10-8-22(9-11-23)13-14-4-2-3-5-17(14)20/h2-7,12H,8-11,13H2,1H3. The Balaban J connectivity index is 1.62. The monoisotopic (exact) mass is 438 g/mol. The summed E-state index contributed by atoms with van der Waals surface area (Å²) in [6.07, 6.45) is 2.00. The maximum Gasteiger partial charge on any atom is 0.255 e. The highest BCUT2D eigenvalue weighted by Crippen LogP contribution is 2.25. The Morgan fingerprint density at radius 3 is 2.56 bits per heavy atom. The largest absolute Gasteiger partial charge is 0.336 e. The number of amides is 1. The maximum absolute atomic E-state index is 12.8. The van der Waals surface area contributed by atoms with Gasteiger partial charge in [0.1, 0.15) is 0 Å². The predicted molar refractivity (Wildman–Crippen MR) is 109 cm³/mol. The lowest BCUT2D eigenvalue weighted by Crippen LogP contribution is -2.48. The fourth-order valence-corrected chi connectivity index (χ4v) is 3.99. The van der Waals surface area contributed by atoms with Crippen molar-refractivity contribution in [3.63, 3.8) is 0 Å². The summed E-state index contributed by atoms with van der Waals surface area (Å²) < 4.78 is 1.13. The van der Waals surface area contributed by atoms with E-state index in [1.807, 2.05) is 35.4 Å². The third-order valence-corrected chi connectivity index (χ3v) is 6.24. The van der Waals surface area contributed by atoms with Gasteiger partial charge in [0.25, 0.3) is 5.91 Å². The van der Waals surface area contributed by atoms with Gasteiger partial charge in [-0.2, -0.15) is 0 Å². The fraction of sp³-hybridized carbons (Fsp3) is 0.316. The van der Waals surface area contributed by atoms with Crippen LogP contribution in [0.3, 0.4) is 0 Å². The number of thioether (sulfide) groups is 1. The number of benzene rings is 2. The number of hydrogen-bond donors (Lipinski definition) is 0. The molecule has 0 atom stereocenters. The summed E-state index contributed by atoms with van der Waals surface area (Å²) in [5.41, 5.74) is 1.88. The Kier molecular flexibility index (Phi) is 6.44. The van der Waals surface area contributed by atoms with Crippen molar-refractivity contribution in [1.29, 1.82) is 0 Å². The van der Waals surface area contributed by atoms with Crippen molar-refractivity contribution in [1.82, 2.24) is 9.80 Å². The number of rotatable bonds is 4. The number of hydrogen-bond acceptors (Lipinski definition) is 3. The quantitative estimate of drug-likeness (QED) is 0.640. The molecule has 6 heteroatoms. The van der Waals surface area contributed by atoms with E-state index in [-0.39, 0.29) is 5.91 Å². The second kappa shape index (κ2) is 8.58. The highest BCUT2D eigenvalue weighted by Gasteiger charge is 2.24. The molecule has 2 aromatic rings. The molecule has 3 nitrogen and oxygen atoms in total. The molecule has 2 aromatic carbocycles. The van der Waals surface area contributed by atoms with E-state index >= 15 is 0 Å². The van der Waals surface area contributed by atoms with Crippen LogP contribution in [0.25, 0.3) is 0 Å². The molecule has 25 heavy (non-hydrogen) atoms. The van der Waals surface area contributed by atoms with Gasteiger partial charge < -0.3 is 4.90 Å². The molecular formula is C19H20BrClN2OS. The van der Waals surface area contributed by atoms with Crippen LogP contribution < -0.4 is 0 Å². The molecule has 0 spiro atoms. The second-order valence-electron chi connectivity index (χ2n) is 6.01. The number of carbonyl (C=O) groups is 1. The van der Waals surface area contributed by atoms with Crippen LogP contribution in [0.4, 0.5) is 0 Å². The molecule has 132 valence electrons. The van der Waals surface area contributed by atoms with Gasteiger partial charge in [-0.15, -0.1) is 11.8 Å². The van der Waals surface area contributed by atoms with Gasteiger partial charge in [0, 0.05) is 42.1 Å².